The molecule has 6 nitrogen and oxygen atoms in total. The van der Waals surface area contributed by atoms with Gasteiger partial charge in [0.1, 0.15) is 17.1 Å². The zero-order chi connectivity index (χ0) is 19.4. The van der Waals surface area contributed by atoms with Crippen molar-refractivity contribution in [3.05, 3.63) is 29.3 Å². The van der Waals surface area contributed by atoms with Crippen molar-refractivity contribution in [1.82, 2.24) is 4.90 Å². The summed E-state index contributed by atoms with van der Waals surface area (Å²) in [6, 6.07) is 5.71. The number of hydrogen-bond donors (Lipinski definition) is 0. The van der Waals surface area contributed by atoms with Crippen LogP contribution in [0.3, 0.4) is 0 Å². The van der Waals surface area contributed by atoms with Crippen molar-refractivity contribution in [2.24, 2.45) is 0 Å². The van der Waals surface area contributed by atoms with Gasteiger partial charge in [0, 0.05) is 32.1 Å². The van der Waals surface area contributed by atoms with E-state index in [1.54, 1.807) is 6.07 Å². The first-order valence-corrected chi connectivity index (χ1v) is 9.51. The summed E-state index contributed by atoms with van der Waals surface area (Å²) in [7, 11) is 2.06. The summed E-state index contributed by atoms with van der Waals surface area (Å²) in [4.78, 5) is 38.4. The van der Waals surface area contributed by atoms with E-state index in [9.17, 15) is 14.4 Å². The molecule has 1 heterocycles. The number of likely N-dealkylation sites (tertiary alicyclic amines) is 1. The van der Waals surface area contributed by atoms with Gasteiger partial charge in [-0.2, -0.15) is 0 Å². The molecule has 2 aliphatic carbocycles. The number of nitrogens with zero attached hydrogens (tertiary/aromatic N) is 1. The molecule has 0 radical (unpaired) electrons. The normalized spacial score (nSPS) is 32.3. The average molecular weight is 371 g/mol. The number of benzene rings is 1. The number of likely N-dealkylation sites (N-methyl/N-ethyl adjacent to an activating group) is 1. The number of ketones is 1. The van der Waals surface area contributed by atoms with Crippen LogP contribution in [0.1, 0.15) is 50.7 Å². The Morgan fingerprint density at radius 1 is 1.19 bits per heavy atom. The van der Waals surface area contributed by atoms with Gasteiger partial charge in [0.05, 0.1) is 6.04 Å². The number of carbonyl (C=O) groups is 3. The minimum Gasteiger partial charge on any atom is -0.457 e. The molecule has 0 N–H and O–H groups in total. The SMILES string of the molecule is CC(=O)Oc1ccc2c(c1)[C@]13CCN(C)[C@H](C2)[C@@]1(OC(C)=O)CCC(=O)C3. The second-order valence-corrected chi connectivity index (χ2v) is 8.14. The highest BCUT2D eigenvalue weighted by molar-refractivity contribution is 5.83. The molecule has 4 rings (SSSR count). The van der Waals surface area contributed by atoms with Crippen LogP contribution in [0.25, 0.3) is 0 Å². The van der Waals surface area contributed by atoms with Gasteiger partial charge in [0.2, 0.25) is 0 Å². The summed E-state index contributed by atoms with van der Waals surface area (Å²) in [5, 5.41) is 0. The number of ether oxygens (including phenoxy) is 2. The fourth-order valence-corrected chi connectivity index (χ4v) is 5.67. The van der Waals surface area contributed by atoms with Crippen molar-refractivity contribution in [1.29, 1.82) is 0 Å². The van der Waals surface area contributed by atoms with E-state index in [0.29, 0.717) is 25.0 Å². The third-order valence-corrected chi connectivity index (χ3v) is 6.64. The van der Waals surface area contributed by atoms with Crippen LogP contribution in [0.15, 0.2) is 18.2 Å². The largest absolute Gasteiger partial charge is 0.457 e. The van der Waals surface area contributed by atoms with Gasteiger partial charge in [-0.3, -0.25) is 19.3 Å². The Kier molecular flexibility index (Phi) is 4.14. The Morgan fingerprint density at radius 2 is 1.96 bits per heavy atom. The summed E-state index contributed by atoms with van der Waals surface area (Å²) in [6.45, 7) is 3.65. The minimum atomic E-state index is -0.721. The van der Waals surface area contributed by atoms with Gasteiger partial charge < -0.3 is 9.47 Å². The van der Waals surface area contributed by atoms with E-state index in [1.165, 1.54) is 13.8 Å². The average Bonchev–Trinajstić information content (AvgIpc) is 2.58. The molecule has 2 bridgehead atoms. The smallest absolute Gasteiger partial charge is 0.308 e. The van der Waals surface area contributed by atoms with Crippen LogP contribution in [0.5, 0.6) is 5.75 Å². The molecule has 144 valence electrons. The van der Waals surface area contributed by atoms with Gasteiger partial charge in [-0.05, 0) is 56.1 Å². The van der Waals surface area contributed by atoms with Gasteiger partial charge >= 0.3 is 11.9 Å². The van der Waals surface area contributed by atoms with Gasteiger partial charge in [0.15, 0.2) is 0 Å². The first-order valence-electron chi connectivity index (χ1n) is 9.51. The van der Waals surface area contributed by atoms with Crippen molar-refractivity contribution in [3.63, 3.8) is 0 Å². The molecule has 0 amide bonds. The van der Waals surface area contributed by atoms with Gasteiger partial charge in [-0.15, -0.1) is 0 Å². The predicted molar refractivity (Wildman–Crippen MR) is 97.5 cm³/mol. The lowest BCUT2D eigenvalue weighted by Gasteiger charge is -2.64. The maximum absolute atomic E-state index is 12.6. The van der Waals surface area contributed by atoms with Crippen LogP contribution < -0.4 is 4.74 Å². The summed E-state index contributed by atoms with van der Waals surface area (Å²) in [5.41, 5.74) is 0.857. The zero-order valence-corrected chi connectivity index (χ0v) is 16.0. The number of hydrogen-bond acceptors (Lipinski definition) is 6. The number of piperidine rings is 1. The molecule has 1 saturated carbocycles. The van der Waals surface area contributed by atoms with Crippen molar-refractivity contribution >= 4 is 17.7 Å². The summed E-state index contributed by atoms with van der Waals surface area (Å²) < 4.78 is 11.4. The molecule has 6 heteroatoms. The van der Waals surface area contributed by atoms with E-state index >= 15 is 0 Å². The minimum absolute atomic E-state index is 0.0373. The van der Waals surface area contributed by atoms with E-state index in [1.807, 2.05) is 12.1 Å². The Bertz CT molecular complexity index is 834. The topological polar surface area (TPSA) is 72.9 Å². The summed E-state index contributed by atoms with van der Waals surface area (Å²) in [6.07, 6.45) is 2.81. The van der Waals surface area contributed by atoms with Crippen LogP contribution >= 0.6 is 0 Å². The van der Waals surface area contributed by atoms with E-state index in [-0.39, 0.29) is 23.8 Å². The number of rotatable bonds is 2. The molecule has 2 fully saturated rings. The summed E-state index contributed by atoms with van der Waals surface area (Å²) in [5.74, 6) is -0.0151. The van der Waals surface area contributed by atoms with E-state index in [2.05, 4.69) is 11.9 Å². The molecule has 0 unspecified atom stereocenters. The lowest BCUT2D eigenvalue weighted by molar-refractivity contribution is -0.203. The molecule has 3 aliphatic rings. The maximum atomic E-state index is 12.6. The zero-order valence-electron chi connectivity index (χ0n) is 16.0. The Hall–Kier alpha value is -2.21. The van der Waals surface area contributed by atoms with Crippen molar-refractivity contribution < 1.29 is 23.9 Å². The van der Waals surface area contributed by atoms with E-state index in [4.69, 9.17) is 9.47 Å². The molecule has 1 aromatic rings. The molecule has 1 aromatic carbocycles. The number of Topliss-reactive ketones (excluding diaryl/α,β-unsaturated/α-hetero) is 1. The van der Waals surface area contributed by atoms with Gasteiger partial charge in [0.25, 0.3) is 0 Å². The van der Waals surface area contributed by atoms with E-state index < -0.39 is 11.0 Å². The molecule has 0 aromatic heterocycles. The monoisotopic (exact) mass is 371 g/mol. The fourth-order valence-electron chi connectivity index (χ4n) is 5.67. The highest BCUT2D eigenvalue weighted by Crippen LogP contribution is 2.59. The Labute approximate surface area is 158 Å². The van der Waals surface area contributed by atoms with Crippen LogP contribution in [-0.2, 0) is 31.0 Å². The molecular weight excluding hydrogens is 346 g/mol. The molecule has 3 atom stereocenters. The van der Waals surface area contributed by atoms with Crippen LogP contribution in [0.4, 0.5) is 0 Å². The lowest BCUT2D eigenvalue weighted by Crippen LogP contribution is -2.73. The summed E-state index contributed by atoms with van der Waals surface area (Å²) >= 11 is 0. The quantitative estimate of drug-likeness (QED) is 0.586. The highest BCUT2D eigenvalue weighted by atomic mass is 16.6. The van der Waals surface area contributed by atoms with Gasteiger partial charge in [-0.25, -0.2) is 0 Å². The maximum Gasteiger partial charge on any atom is 0.308 e. The molecule has 27 heavy (non-hydrogen) atoms. The third kappa shape index (κ3) is 2.61. The molecule has 0 spiro atoms. The van der Waals surface area contributed by atoms with Crippen LogP contribution in [-0.4, -0.2) is 47.9 Å². The molecule has 1 aliphatic heterocycles. The van der Waals surface area contributed by atoms with E-state index in [0.717, 1.165) is 30.5 Å². The van der Waals surface area contributed by atoms with Crippen molar-refractivity contribution in [2.75, 3.05) is 13.6 Å². The first kappa shape index (κ1) is 18.2. The Morgan fingerprint density at radius 3 is 2.67 bits per heavy atom. The van der Waals surface area contributed by atoms with Crippen LogP contribution in [0.2, 0.25) is 0 Å². The molecular formula is C21H25NO5. The second-order valence-electron chi connectivity index (χ2n) is 8.14. The lowest BCUT2D eigenvalue weighted by atomic mass is 9.49. The number of esters is 2. The van der Waals surface area contributed by atoms with Gasteiger partial charge in [-0.1, -0.05) is 6.07 Å². The fraction of sp³-hybridized carbons (Fsp3) is 0.571. The van der Waals surface area contributed by atoms with Crippen LogP contribution in [0, 0.1) is 0 Å². The third-order valence-electron chi connectivity index (χ3n) is 6.64. The highest BCUT2D eigenvalue weighted by Gasteiger charge is 2.67. The predicted octanol–water partition coefficient (Wildman–Crippen LogP) is 2.16. The number of fused-ring (bicyclic) bond motifs is 1. The first-order chi connectivity index (χ1) is 12.8. The van der Waals surface area contributed by atoms with Crippen molar-refractivity contribution in [2.45, 2.75) is 63.0 Å². The standard InChI is InChI=1S/C21H25NO5/c1-13(23)26-17-5-4-15-10-19-21(27-14(2)24)7-6-16(25)12-20(21,18(15)11-17)8-9-22(19)3/h4-5,11,19H,6-10,12H2,1-3H3/t19-,20-,21+/m1/s1. The second kappa shape index (κ2) is 6.16. The molecule has 1 saturated heterocycles. The van der Waals surface area contributed by atoms with Crippen molar-refractivity contribution in [3.8, 4) is 5.75 Å². The Balaban J connectivity index is 1.93. The number of carbonyl (C=O) groups excluding carboxylic acids is 3.